The maximum atomic E-state index is 5.95. The highest BCUT2D eigenvalue weighted by Crippen LogP contribution is 2.20. The zero-order chi connectivity index (χ0) is 11.5. The first kappa shape index (κ1) is 11.0. The molecule has 0 saturated carbocycles. The fraction of sp³-hybridized carbons (Fsp3) is 0.250. The van der Waals surface area contributed by atoms with Gasteiger partial charge in [-0.05, 0) is 24.6 Å². The Labute approximate surface area is 100 Å². The monoisotopic (exact) mass is 235 g/mol. The summed E-state index contributed by atoms with van der Waals surface area (Å²) in [6.07, 6.45) is 3.85. The summed E-state index contributed by atoms with van der Waals surface area (Å²) in [6, 6.07) is 5.84. The molecule has 0 bridgehead atoms. The topological polar surface area (TPSA) is 29.9 Å². The first-order chi connectivity index (χ1) is 7.65. The van der Waals surface area contributed by atoms with Gasteiger partial charge in [0.05, 0.1) is 6.20 Å². The molecule has 1 aromatic heterocycles. The summed E-state index contributed by atoms with van der Waals surface area (Å²) in [5, 5.41) is 8.21. The van der Waals surface area contributed by atoms with Gasteiger partial charge in [-0.25, -0.2) is 0 Å². The fourth-order valence-electron chi connectivity index (χ4n) is 1.55. The normalized spacial score (nSPS) is 10.4. The summed E-state index contributed by atoms with van der Waals surface area (Å²) in [6.45, 7) is 2.82. The third kappa shape index (κ3) is 2.55. The van der Waals surface area contributed by atoms with E-state index in [1.165, 1.54) is 5.56 Å². The molecule has 1 N–H and O–H groups in total. The zero-order valence-electron chi connectivity index (χ0n) is 9.37. The van der Waals surface area contributed by atoms with Gasteiger partial charge in [0, 0.05) is 36.1 Å². The van der Waals surface area contributed by atoms with E-state index in [0.717, 1.165) is 22.8 Å². The van der Waals surface area contributed by atoms with Crippen LogP contribution in [0.3, 0.4) is 0 Å². The molecule has 1 aromatic carbocycles. The summed E-state index contributed by atoms with van der Waals surface area (Å²) in [4.78, 5) is 0. The predicted molar refractivity (Wildman–Crippen MR) is 66.7 cm³/mol. The van der Waals surface area contributed by atoms with Crippen LogP contribution in [0.1, 0.15) is 11.1 Å². The van der Waals surface area contributed by atoms with Crippen molar-refractivity contribution in [2.45, 2.75) is 13.5 Å². The molecular formula is C12H14ClN3. The number of anilines is 1. The Balaban J connectivity index is 2.07. The second-order valence-corrected chi connectivity index (χ2v) is 4.27. The minimum absolute atomic E-state index is 0.749. The lowest BCUT2D eigenvalue weighted by atomic mass is 10.2. The van der Waals surface area contributed by atoms with E-state index >= 15 is 0 Å². The molecule has 84 valence electrons. The van der Waals surface area contributed by atoms with E-state index in [4.69, 9.17) is 11.6 Å². The summed E-state index contributed by atoms with van der Waals surface area (Å²) in [7, 11) is 1.91. The number of aryl methyl sites for hydroxylation is 2. The molecule has 0 radical (unpaired) electrons. The molecule has 16 heavy (non-hydrogen) atoms. The largest absolute Gasteiger partial charge is 0.381 e. The fourth-order valence-corrected chi connectivity index (χ4v) is 1.72. The molecule has 3 nitrogen and oxygen atoms in total. The van der Waals surface area contributed by atoms with Gasteiger partial charge in [-0.15, -0.1) is 0 Å². The number of aromatic nitrogens is 2. The number of hydrogen-bond acceptors (Lipinski definition) is 2. The van der Waals surface area contributed by atoms with Gasteiger partial charge in [0.1, 0.15) is 0 Å². The number of nitrogens with zero attached hydrogens (tertiary/aromatic N) is 2. The van der Waals surface area contributed by atoms with Gasteiger partial charge in [0.2, 0.25) is 0 Å². The van der Waals surface area contributed by atoms with E-state index in [2.05, 4.69) is 17.3 Å². The average molecular weight is 236 g/mol. The highest BCUT2D eigenvalue weighted by Gasteiger charge is 2.00. The Morgan fingerprint density at radius 2 is 2.25 bits per heavy atom. The predicted octanol–water partition coefficient (Wildman–Crippen LogP) is 2.99. The standard InChI is InChI=1S/C12H14ClN3/c1-9-3-4-11(13)5-12(9)14-6-10-7-15-16(2)8-10/h3-5,7-8,14H,6H2,1-2H3. The molecule has 0 aliphatic rings. The van der Waals surface area contributed by atoms with Crippen LogP contribution in [0.4, 0.5) is 5.69 Å². The van der Waals surface area contributed by atoms with E-state index < -0.39 is 0 Å². The van der Waals surface area contributed by atoms with Gasteiger partial charge >= 0.3 is 0 Å². The molecule has 0 aliphatic heterocycles. The van der Waals surface area contributed by atoms with Crippen LogP contribution in [0.5, 0.6) is 0 Å². The van der Waals surface area contributed by atoms with E-state index in [0.29, 0.717) is 0 Å². The van der Waals surface area contributed by atoms with Crippen molar-refractivity contribution in [2.24, 2.45) is 7.05 Å². The number of hydrogen-bond donors (Lipinski definition) is 1. The Kier molecular flexibility index (Phi) is 3.15. The van der Waals surface area contributed by atoms with Gasteiger partial charge in [0.15, 0.2) is 0 Å². The second kappa shape index (κ2) is 4.58. The van der Waals surface area contributed by atoms with Gasteiger partial charge in [0.25, 0.3) is 0 Å². The molecule has 2 rings (SSSR count). The Morgan fingerprint density at radius 1 is 1.44 bits per heavy atom. The van der Waals surface area contributed by atoms with Crippen molar-refractivity contribution in [3.63, 3.8) is 0 Å². The number of rotatable bonds is 3. The lowest BCUT2D eigenvalue weighted by Gasteiger charge is -2.08. The first-order valence-corrected chi connectivity index (χ1v) is 5.50. The number of benzene rings is 1. The zero-order valence-corrected chi connectivity index (χ0v) is 10.1. The maximum absolute atomic E-state index is 5.95. The molecule has 2 aromatic rings. The molecule has 0 unspecified atom stereocenters. The van der Waals surface area contributed by atoms with Crippen LogP contribution in [-0.2, 0) is 13.6 Å². The first-order valence-electron chi connectivity index (χ1n) is 5.13. The Bertz CT molecular complexity index is 491. The Hall–Kier alpha value is -1.48. The Morgan fingerprint density at radius 3 is 2.94 bits per heavy atom. The van der Waals surface area contributed by atoms with Crippen molar-refractivity contribution >= 4 is 17.3 Å². The molecule has 0 aliphatic carbocycles. The molecule has 1 heterocycles. The van der Waals surface area contributed by atoms with Crippen LogP contribution >= 0.6 is 11.6 Å². The highest BCUT2D eigenvalue weighted by molar-refractivity contribution is 6.30. The van der Waals surface area contributed by atoms with Crippen LogP contribution < -0.4 is 5.32 Å². The smallest absolute Gasteiger partial charge is 0.0539 e. The third-order valence-electron chi connectivity index (χ3n) is 2.44. The summed E-state index contributed by atoms with van der Waals surface area (Å²) in [5.74, 6) is 0. The molecule has 4 heteroatoms. The van der Waals surface area contributed by atoms with Gasteiger partial charge < -0.3 is 5.32 Å². The van der Waals surface area contributed by atoms with Crippen molar-refractivity contribution < 1.29 is 0 Å². The van der Waals surface area contributed by atoms with E-state index in [1.807, 2.05) is 37.6 Å². The lowest BCUT2D eigenvalue weighted by molar-refractivity contribution is 0.767. The highest BCUT2D eigenvalue weighted by atomic mass is 35.5. The van der Waals surface area contributed by atoms with E-state index in [1.54, 1.807) is 4.68 Å². The average Bonchev–Trinajstić information content (AvgIpc) is 2.66. The molecular weight excluding hydrogens is 222 g/mol. The summed E-state index contributed by atoms with van der Waals surface area (Å²) < 4.78 is 1.79. The lowest BCUT2D eigenvalue weighted by Crippen LogP contribution is -2.00. The quantitative estimate of drug-likeness (QED) is 0.887. The van der Waals surface area contributed by atoms with Crippen molar-refractivity contribution in [2.75, 3.05) is 5.32 Å². The van der Waals surface area contributed by atoms with Gasteiger partial charge in [-0.3, -0.25) is 4.68 Å². The van der Waals surface area contributed by atoms with Crippen molar-refractivity contribution in [3.05, 3.63) is 46.7 Å². The van der Waals surface area contributed by atoms with Crippen molar-refractivity contribution in [1.82, 2.24) is 9.78 Å². The van der Waals surface area contributed by atoms with Crippen molar-refractivity contribution in [3.8, 4) is 0 Å². The maximum Gasteiger partial charge on any atom is 0.0539 e. The minimum Gasteiger partial charge on any atom is -0.381 e. The molecule has 0 saturated heterocycles. The molecule has 0 spiro atoms. The summed E-state index contributed by atoms with van der Waals surface area (Å²) in [5.41, 5.74) is 3.41. The minimum atomic E-state index is 0.749. The molecule has 0 amide bonds. The van der Waals surface area contributed by atoms with E-state index in [-0.39, 0.29) is 0 Å². The molecule has 0 atom stereocenters. The second-order valence-electron chi connectivity index (χ2n) is 3.84. The van der Waals surface area contributed by atoms with E-state index in [9.17, 15) is 0 Å². The number of nitrogens with one attached hydrogen (secondary N) is 1. The van der Waals surface area contributed by atoms with Crippen LogP contribution in [0, 0.1) is 6.92 Å². The van der Waals surface area contributed by atoms with Crippen LogP contribution in [0.2, 0.25) is 5.02 Å². The van der Waals surface area contributed by atoms with Crippen LogP contribution in [-0.4, -0.2) is 9.78 Å². The molecule has 0 fully saturated rings. The van der Waals surface area contributed by atoms with Gasteiger partial charge in [-0.1, -0.05) is 17.7 Å². The van der Waals surface area contributed by atoms with Crippen molar-refractivity contribution in [1.29, 1.82) is 0 Å². The number of halogens is 1. The third-order valence-corrected chi connectivity index (χ3v) is 2.68. The van der Waals surface area contributed by atoms with Gasteiger partial charge in [-0.2, -0.15) is 5.10 Å². The van der Waals surface area contributed by atoms with Crippen LogP contribution in [0.25, 0.3) is 0 Å². The summed E-state index contributed by atoms with van der Waals surface area (Å²) >= 11 is 5.95. The SMILES string of the molecule is Cc1ccc(Cl)cc1NCc1cnn(C)c1. The van der Waals surface area contributed by atoms with Crippen LogP contribution in [0.15, 0.2) is 30.6 Å².